The average Bonchev–Trinajstić information content (AvgIpc) is 2.78. The summed E-state index contributed by atoms with van der Waals surface area (Å²) in [6.45, 7) is 5.45. The van der Waals surface area contributed by atoms with Crippen molar-refractivity contribution in [2.24, 2.45) is 29.1 Å². The molecule has 0 saturated heterocycles. The third-order valence-electron chi connectivity index (χ3n) is 9.41. The summed E-state index contributed by atoms with van der Waals surface area (Å²) >= 11 is 0. The maximum Gasteiger partial charge on any atom is 0.205 e. The van der Waals surface area contributed by atoms with Gasteiger partial charge in [-0.3, -0.25) is 0 Å². The van der Waals surface area contributed by atoms with E-state index in [2.05, 4.69) is 38.1 Å². The molecule has 0 heterocycles. The van der Waals surface area contributed by atoms with Gasteiger partial charge in [-0.1, -0.05) is 58.1 Å². The van der Waals surface area contributed by atoms with E-state index in [9.17, 15) is 0 Å². The van der Waals surface area contributed by atoms with Crippen molar-refractivity contribution in [1.82, 2.24) is 0 Å². The Morgan fingerprint density at radius 2 is 1.52 bits per heavy atom. The molecule has 0 aliphatic heterocycles. The molecule has 2 nitrogen and oxygen atoms in total. The van der Waals surface area contributed by atoms with Crippen LogP contribution in [0.2, 0.25) is 0 Å². The summed E-state index contributed by atoms with van der Waals surface area (Å²) in [5, 5.41) is 0. The van der Waals surface area contributed by atoms with E-state index >= 15 is 0 Å². The summed E-state index contributed by atoms with van der Waals surface area (Å²) in [6, 6.07) is 8.92. The summed E-state index contributed by atoms with van der Waals surface area (Å²) in [5.74, 6) is 5.26. The summed E-state index contributed by atoms with van der Waals surface area (Å²) in [6.07, 6.45) is 17.8. The topological polar surface area (TPSA) is 18.5 Å². The monoisotopic (exact) mass is 424 g/mol. The highest BCUT2D eigenvalue weighted by Gasteiger charge is 2.55. The Morgan fingerprint density at radius 3 is 2.10 bits per heavy atom. The van der Waals surface area contributed by atoms with Crippen molar-refractivity contribution < 1.29 is 9.47 Å². The van der Waals surface area contributed by atoms with E-state index in [0.717, 1.165) is 36.0 Å². The fourth-order valence-corrected chi connectivity index (χ4v) is 7.85. The Hall–Kier alpha value is -1.02. The molecule has 0 aromatic heterocycles. The summed E-state index contributed by atoms with van der Waals surface area (Å²) in [7, 11) is 0. The van der Waals surface area contributed by atoms with E-state index in [4.69, 9.17) is 9.47 Å². The van der Waals surface area contributed by atoms with Crippen LogP contribution in [-0.2, 0) is 4.74 Å². The van der Waals surface area contributed by atoms with Crippen LogP contribution in [0, 0.1) is 29.1 Å². The quantitative estimate of drug-likeness (QED) is 0.373. The number of rotatable bonds is 9. The first-order valence-electron chi connectivity index (χ1n) is 13.5. The number of hydrogen-bond acceptors (Lipinski definition) is 2. The molecule has 5 aliphatic rings. The molecular weight excluding hydrogens is 380 g/mol. The van der Waals surface area contributed by atoms with E-state index in [0.29, 0.717) is 5.92 Å². The Balaban J connectivity index is 1.29. The Morgan fingerprint density at radius 1 is 0.903 bits per heavy atom. The van der Waals surface area contributed by atoms with Gasteiger partial charge in [-0.05, 0) is 98.7 Å². The molecule has 5 fully saturated rings. The third-order valence-corrected chi connectivity index (χ3v) is 9.41. The van der Waals surface area contributed by atoms with Gasteiger partial charge in [0, 0.05) is 5.41 Å². The van der Waals surface area contributed by atoms with Crippen molar-refractivity contribution >= 4 is 0 Å². The van der Waals surface area contributed by atoms with Crippen LogP contribution in [0.25, 0.3) is 0 Å². The zero-order valence-electron chi connectivity index (χ0n) is 20.0. The van der Waals surface area contributed by atoms with Gasteiger partial charge in [-0.25, -0.2) is 0 Å². The summed E-state index contributed by atoms with van der Waals surface area (Å²) in [5.41, 5.74) is 1.68. The molecule has 2 unspecified atom stereocenters. The van der Waals surface area contributed by atoms with Gasteiger partial charge in [-0.15, -0.1) is 0 Å². The Kier molecular flexibility index (Phi) is 6.65. The molecule has 0 spiro atoms. The molecule has 1 aromatic carbocycles. The number of benzene rings is 1. The maximum absolute atomic E-state index is 6.73. The van der Waals surface area contributed by atoms with Crippen molar-refractivity contribution in [1.29, 1.82) is 0 Å². The molecule has 0 N–H and O–H groups in total. The first-order chi connectivity index (χ1) is 15.1. The largest absolute Gasteiger partial charge is 0.464 e. The fourth-order valence-electron chi connectivity index (χ4n) is 7.85. The van der Waals surface area contributed by atoms with Gasteiger partial charge in [0.25, 0.3) is 0 Å². The van der Waals surface area contributed by atoms with Crippen LogP contribution in [-0.4, -0.2) is 12.9 Å². The molecule has 0 amide bonds. The minimum Gasteiger partial charge on any atom is -0.464 e. The van der Waals surface area contributed by atoms with Gasteiger partial charge in [0.15, 0.2) is 0 Å². The van der Waals surface area contributed by atoms with Crippen LogP contribution in [0.15, 0.2) is 24.3 Å². The van der Waals surface area contributed by atoms with Crippen molar-refractivity contribution in [3.8, 4) is 5.75 Å². The maximum atomic E-state index is 6.73. The van der Waals surface area contributed by atoms with Gasteiger partial charge in [0.2, 0.25) is 6.29 Å². The van der Waals surface area contributed by atoms with E-state index in [-0.39, 0.29) is 11.7 Å². The van der Waals surface area contributed by atoms with Gasteiger partial charge in [-0.2, -0.15) is 0 Å². The second-order valence-corrected chi connectivity index (χ2v) is 11.8. The molecule has 6 rings (SSSR count). The molecule has 2 heteroatoms. The second kappa shape index (κ2) is 9.46. The molecule has 31 heavy (non-hydrogen) atoms. The Bertz CT molecular complexity index is 667. The molecule has 5 saturated carbocycles. The number of hydrogen-bond donors (Lipinski definition) is 0. The van der Waals surface area contributed by atoms with E-state index in [1.54, 1.807) is 0 Å². The van der Waals surface area contributed by atoms with Crippen LogP contribution in [0.5, 0.6) is 5.75 Å². The second-order valence-electron chi connectivity index (χ2n) is 11.8. The van der Waals surface area contributed by atoms with Crippen molar-refractivity contribution in [3.63, 3.8) is 0 Å². The lowest BCUT2D eigenvalue weighted by Crippen LogP contribution is -2.54. The molecule has 4 bridgehead atoms. The average molecular weight is 425 g/mol. The van der Waals surface area contributed by atoms with Crippen LogP contribution < -0.4 is 4.74 Å². The summed E-state index contributed by atoms with van der Waals surface area (Å²) < 4.78 is 13.4. The zero-order valence-corrected chi connectivity index (χ0v) is 20.0. The lowest BCUT2D eigenvalue weighted by Gasteiger charge is -2.58. The van der Waals surface area contributed by atoms with Crippen molar-refractivity contribution in [2.45, 2.75) is 110 Å². The van der Waals surface area contributed by atoms with Crippen molar-refractivity contribution in [3.05, 3.63) is 29.8 Å². The third kappa shape index (κ3) is 4.85. The molecule has 0 radical (unpaired) electrons. The van der Waals surface area contributed by atoms with Crippen LogP contribution in [0.4, 0.5) is 0 Å². The van der Waals surface area contributed by atoms with Gasteiger partial charge >= 0.3 is 0 Å². The van der Waals surface area contributed by atoms with E-state index in [1.807, 2.05) is 0 Å². The fraction of sp³-hybridized carbons (Fsp3) is 0.793. The van der Waals surface area contributed by atoms with E-state index < -0.39 is 0 Å². The first kappa shape index (κ1) is 21.8. The first-order valence-corrected chi connectivity index (χ1v) is 13.5. The summed E-state index contributed by atoms with van der Waals surface area (Å²) in [4.78, 5) is 0. The van der Waals surface area contributed by atoms with E-state index in [1.165, 1.54) is 89.0 Å². The molecule has 172 valence electrons. The highest BCUT2D eigenvalue weighted by atomic mass is 16.7. The van der Waals surface area contributed by atoms with Gasteiger partial charge in [0.1, 0.15) is 5.75 Å². The van der Waals surface area contributed by atoms with Gasteiger partial charge in [0.05, 0.1) is 6.61 Å². The van der Waals surface area contributed by atoms with Crippen LogP contribution in [0.3, 0.4) is 0 Å². The molecular formula is C29H44O2. The minimum absolute atomic E-state index is 0.0565. The highest BCUT2D eigenvalue weighted by molar-refractivity contribution is 5.29. The standard InChI is InChI=1S/C29H44O2/c1-3-21(2)26-9-11-27(12-10-26)31-28(30-14-13-22-7-5-4-6-8-22)29-18-23-15-24(19-29)17-25(16-23)20-29/h9-12,21-25,28H,3-8,13-20H2,1-2H3. The lowest BCUT2D eigenvalue weighted by atomic mass is 9.49. The minimum atomic E-state index is -0.0565. The highest BCUT2D eigenvalue weighted by Crippen LogP contribution is 2.62. The number of ether oxygens (including phenoxy) is 2. The molecule has 1 aromatic rings. The van der Waals surface area contributed by atoms with Crippen LogP contribution >= 0.6 is 0 Å². The van der Waals surface area contributed by atoms with Crippen molar-refractivity contribution in [2.75, 3.05) is 6.61 Å². The van der Waals surface area contributed by atoms with Gasteiger partial charge < -0.3 is 9.47 Å². The molecule has 5 aliphatic carbocycles. The lowest BCUT2D eigenvalue weighted by molar-refractivity contribution is -0.216. The Labute approximate surface area is 190 Å². The predicted molar refractivity (Wildman–Crippen MR) is 127 cm³/mol. The molecule has 2 atom stereocenters. The van der Waals surface area contributed by atoms with Crippen LogP contribution in [0.1, 0.15) is 109 Å². The smallest absolute Gasteiger partial charge is 0.205 e. The zero-order chi connectivity index (χ0) is 21.3. The SMILES string of the molecule is CCC(C)c1ccc(OC(OCCC2CCCCC2)C23CC4CC(CC(C4)C2)C3)cc1. The normalized spacial score (nSPS) is 34.6. The predicted octanol–water partition coefficient (Wildman–Crippen LogP) is 8.11.